The molecule has 3 heterocycles. The highest BCUT2D eigenvalue weighted by Crippen LogP contribution is 2.47. The maximum atomic E-state index is 14.3. The van der Waals surface area contributed by atoms with Crippen molar-refractivity contribution < 1.29 is 18.0 Å². The fraction of sp³-hybridized carbons (Fsp3) is 0.259. The summed E-state index contributed by atoms with van der Waals surface area (Å²) < 4.78 is 40.8. The van der Waals surface area contributed by atoms with Crippen molar-refractivity contribution >= 4 is 29.3 Å². The molecule has 8 heteroatoms. The van der Waals surface area contributed by atoms with E-state index in [-0.39, 0.29) is 22.3 Å². The van der Waals surface area contributed by atoms with E-state index in [0.717, 1.165) is 43.2 Å². The highest BCUT2D eigenvalue weighted by Gasteiger charge is 2.46. The summed E-state index contributed by atoms with van der Waals surface area (Å²) in [6.45, 7) is 2.66. The monoisotopic (exact) mass is 497 g/mol. The highest BCUT2D eigenvalue weighted by molar-refractivity contribution is 6.29. The molecule has 3 aromatic rings. The molecule has 0 radical (unpaired) electrons. The minimum atomic E-state index is -0.868. The van der Waals surface area contributed by atoms with Crippen LogP contribution in [0, 0.1) is 17.5 Å². The number of hydrogen-bond acceptors (Lipinski definition) is 3. The molecule has 2 aliphatic heterocycles. The van der Waals surface area contributed by atoms with E-state index in [1.165, 1.54) is 24.4 Å². The van der Waals surface area contributed by atoms with Crippen molar-refractivity contribution in [2.24, 2.45) is 0 Å². The van der Waals surface area contributed by atoms with Crippen LogP contribution >= 0.6 is 11.6 Å². The number of halogens is 4. The molecule has 2 aromatic carbocycles. The summed E-state index contributed by atoms with van der Waals surface area (Å²) in [5.74, 6) is -2.24. The third-order valence-corrected chi connectivity index (χ3v) is 7.14. The van der Waals surface area contributed by atoms with Crippen molar-refractivity contribution in [2.75, 3.05) is 31.1 Å². The number of aromatic nitrogens is 1. The van der Waals surface area contributed by atoms with E-state index in [9.17, 15) is 18.0 Å². The smallest absolute Gasteiger partial charge is 0.258 e. The van der Waals surface area contributed by atoms with Gasteiger partial charge in [0.25, 0.3) is 5.91 Å². The number of pyridine rings is 1. The first-order chi connectivity index (χ1) is 16.8. The number of carbonyl (C=O) groups excluding carboxylic acids is 1. The first kappa shape index (κ1) is 23.6. The number of hydrogen-bond donors (Lipinski definition) is 0. The van der Waals surface area contributed by atoms with Gasteiger partial charge in [0.05, 0.1) is 0 Å². The van der Waals surface area contributed by atoms with Gasteiger partial charge in [-0.15, -0.1) is 0 Å². The summed E-state index contributed by atoms with van der Waals surface area (Å²) in [6.07, 6.45) is 6.73. The standard InChI is InChI=1S/C27H23ClF3N3O/c28-25-15-19(7-10-32-25)26(35)34-17-27(21-16-20(29)4-6-24(21)34)8-12-33(13-9-27)11-1-2-18-3-5-22(30)23(31)14-18/h1-7,10,14-16H,8-9,11-13,17H2/b2-1+. The number of benzene rings is 2. The zero-order valence-corrected chi connectivity index (χ0v) is 19.6. The second-order valence-corrected chi connectivity index (χ2v) is 9.46. The van der Waals surface area contributed by atoms with Crippen LogP contribution in [0.4, 0.5) is 18.9 Å². The fourth-order valence-electron chi connectivity index (χ4n) is 5.06. The van der Waals surface area contributed by atoms with Gasteiger partial charge in [0, 0.05) is 36.0 Å². The van der Waals surface area contributed by atoms with Gasteiger partial charge >= 0.3 is 0 Å². The summed E-state index contributed by atoms with van der Waals surface area (Å²) in [6, 6.07) is 11.6. The molecule has 0 aliphatic carbocycles. The molecular weight excluding hydrogens is 475 g/mol. The lowest BCUT2D eigenvalue weighted by atomic mass is 9.74. The van der Waals surface area contributed by atoms with Gasteiger partial charge in [0.2, 0.25) is 0 Å². The van der Waals surface area contributed by atoms with E-state index in [1.54, 1.807) is 35.2 Å². The van der Waals surface area contributed by atoms with Crippen molar-refractivity contribution in [1.29, 1.82) is 0 Å². The van der Waals surface area contributed by atoms with Gasteiger partial charge in [-0.05, 0) is 79.5 Å². The number of fused-ring (bicyclic) bond motifs is 2. The Kier molecular flexibility index (Phi) is 6.38. The highest BCUT2D eigenvalue weighted by atomic mass is 35.5. The summed E-state index contributed by atoms with van der Waals surface area (Å²) >= 11 is 5.99. The van der Waals surface area contributed by atoms with Gasteiger partial charge in [-0.2, -0.15) is 0 Å². The summed E-state index contributed by atoms with van der Waals surface area (Å²) in [7, 11) is 0. The summed E-state index contributed by atoms with van der Waals surface area (Å²) in [5, 5.41) is 0.244. The number of amides is 1. The predicted molar refractivity (Wildman–Crippen MR) is 130 cm³/mol. The van der Waals surface area contributed by atoms with Crippen molar-refractivity contribution in [2.45, 2.75) is 18.3 Å². The first-order valence-electron chi connectivity index (χ1n) is 11.4. The molecule has 5 rings (SSSR count). The zero-order chi connectivity index (χ0) is 24.6. The van der Waals surface area contributed by atoms with Crippen LogP contribution in [0.5, 0.6) is 0 Å². The average molecular weight is 498 g/mol. The van der Waals surface area contributed by atoms with Gasteiger partial charge in [0.1, 0.15) is 11.0 Å². The van der Waals surface area contributed by atoms with Crippen LogP contribution in [0.2, 0.25) is 5.15 Å². The lowest BCUT2D eigenvalue weighted by molar-refractivity contribution is 0.0977. The number of piperidine rings is 1. The molecule has 0 unspecified atom stereocenters. The Hall–Kier alpha value is -3.16. The number of rotatable bonds is 4. The van der Waals surface area contributed by atoms with Gasteiger partial charge in [-0.3, -0.25) is 9.69 Å². The minimum absolute atomic E-state index is 0.184. The number of carbonyl (C=O) groups is 1. The molecule has 1 amide bonds. The van der Waals surface area contributed by atoms with E-state index >= 15 is 0 Å². The number of nitrogens with zero attached hydrogens (tertiary/aromatic N) is 3. The zero-order valence-electron chi connectivity index (χ0n) is 18.9. The third kappa shape index (κ3) is 4.70. The Labute approximate surface area is 206 Å². The normalized spacial score (nSPS) is 17.3. The minimum Gasteiger partial charge on any atom is -0.307 e. The third-order valence-electron chi connectivity index (χ3n) is 6.93. The number of likely N-dealkylation sites (tertiary alicyclic amines) is 1. The van der Waals surface area contributed by atoms with Crippen LogP contribution in [-0.2, 0) is 5.41 Å². The van der Waals surface area contributed by atoms with Gasteiger partial charge in [-0.25, -0.2) is 18.2 Å². The van der Waals surface area contributed by atoms with E-state index in [0.29, 0.717) is 24.2 Å². The van der Waals surface area contributed by atoms with E-state index in [1.807, 2.05) is 6.08 Å². The lowest BCUT2D eigenvalue weighted by Crippen LogP contribution is -2.46. The fourth-order valence-corrected chi connectivity index (χ4v) is 5.23. The van der Waals surface area contributed by atoms with E-state index < -0.39 is 11.6 Å². The van der Waals surface area contributed by atoms with Crippen LogP contribution in [0.3, 0.4) is 0 Å². The Morgan fingerprint density at radius 3 is 2.57 bits per heavy atom. The predicted octanol–water partition coefficient (Wildman–Crippen LogP) is 5.86. The van der Waals surface area contributed by atoms with Crippen LogP contribution < -0.4 is 4.90 Å². The molecule has 1 spiro atoms. The van der Waals surface area contributed by atoms with Crippen molar-refractivity contribution in [3.05, 3.63) is 100 Å². The lowest BCUT2D eigenvalue weighted by Gasteiger charge is -2.39. The second kappa shape index (κ2) is 9.47. The summed E-state index contributed by atoms with van der Waals surface area (Å²) in [4.78, 5) is 21.3. The average Bonchev–Trinajstić information content (AvgIpc) is 3.15. The largest absolute Gasteiger partial charge is 0.307 e. The maximum Gasteiger partial charge on any atom is 0.258 e. The molecule has 4 nitrogen and oxygen atoms in total. The molecule has 2 aliphatic rings. The quantitative estimate of drug-likeness (QED) is 0.424. The Bertz CT molecular complexity index is 1300. The molecule has 1 saturated heterocycles. The van der Waals surface area contributed by atoms with Crippen molar-refractivity contribution in [3.8, 4) is 0 Å². The van der Waals surface area contributed by atoms with E-state index in [2.05, 4.69) is 9.88 Å². The molecule has 0 bridgehead atoms. The molecule has 1 aromatic heterocycles. The van der Waals surface area contributed by atoms with E-state index in [4.69, 9.17) is 11.6 Å². The van der Waals surface area contributed by atoms with Crippen LogP contribution in [-0.4, -0.2) is 42.0 Å². The van der Waals surface area contributed by atoms with Crippen LogP contribution in [0.15, 0.2) is 60.8 Å². The molecule has 0 N–H and O–H groups in total. The number of anilines is 1. The van der Waals surface area contributed by atoms with Gasteiger partial charge in [0.15, 0.2) is 11.6 Å². The van der Waals surface area contributed by atoms with Gasteiger partial charge < -0.3 is 4.90 Å². The van der Waals surface area contributed by atoms with Crippen molar-refractivity contribution in [3.63, 3.8) is 0 Å². The topological polar surface area (TPSA) is 36.4 Å². The molecular formula is C27H23ClF3N3O. The van der Waals surface area contributed by atoms with Crippen LogP contribution in [0.1, 0.15) is 34.3 Å². The van der Waals surface area contributed by atoms with Crippen LogP contribution in [0.25, 0.3) is 6.08 Å². The SMILES string of the molecule is O=C(c1ccnc(Cl)c1)N1CC2(CCN(C/C=C/c3ccc(F)c(F)c3)CC2)c2cc(F)ccc21. The molecule has 180 valence electrons. The van der Waals surface area contributed by atoms with Crippen molar-refractivity contribution in [1.82, 2.24) is 9.88 Å². The second-order valence-electron chi connectivity index (χ2n) is 9.08. The Balaban J connectivity index is 1.31. The molecule has 1 fully saturated rings. The molecule has 35 heavy (non-hydrogen) atoms. The first-order valence-corrected chi connectivity index (χ1v) is 11.8. The Morgan fingerprint density at radius 2 is 1.83 bits per heavy atom. The molecule has 0 saturated carbocycles. The van der Waals surface area contributed by atoms with Gasteiger partial charge in [-0.1, -0.05) is 29.8 Å². The summed E-state index contributed by atoms with van der Waals surface area (Å²) in [5.41, 5.74) is 2.31. The Morgan fingerprint density at radius 1 is 1.03 bits per heavy atom. The maximum absolute atomic E-state index is 14.3. The molecule has 0 atom stereocenters.